The molecule has 1 amide bonds. The number of hydrogen-bond donors (Lipinski definition) is 1. The topological polar surface area (TPSA) is 55.1 Å². The summed E-state index contributed by atoms with van der Waals surface area (Å²) in [7, 11) is 0. The fourth-order valence-corrected chi connectivity index (χ4v) is 3.95. The first-order chi connectivity index (χ1) is 13.4. The molecule has 6 heteroatoms. The summed E-state index contributed by atoms with van der Waals surface area (Å²) in [5.41, 5.74) is 5.95. The second-order valence-corrected chi connectivity index (χ2v) is 8.33. The summed E-state index contributed by atoms with van der Waals surface area (Å²) in [6, 6.07) is 6.09. The van der Waals surface area contributed by atoms with Crippen molar-refractivity contribution in [1.82, 2.24) is 10.3 Å². The largest absolute Gasteiger partial charge is 0.455 e. The van der Waals surface area contributed by atoms with Crippen LogP contribution >= 0.6 is 24.0 Å². The van der Waals surface area contributed by atoms with E-state index < -0.39 is 0 Å². The van der Waals surface area contributed by atoms with Crippen LogP contribution in [0.5, 0.6) is 0 Å². The summed E-state index contributed by atoms with van der Waals surface area (Å²) in [5.74, 6) is 6.77. The number of thioether (sulfide) groups is 1. The number of aryl methyl sites for hydroxylation is 3. The van der Waals surface area contributed by atoms with Gasteiger partial charge in [0.1, 0.15) is 10.1 Å². The lowest BCUT2D eigenvalue weighted by molar-refractivity contribution is -0.115. The number of carbonyl (C=O) groups is 1. The van der Waals surface area contributed by atoms with Gasteiger partial charge in [-0.3, -0.25) is 9.78 Å². The summed E-state index contributed by atoms with van der Waals surface area (Å²) in [5, 5.41) is 3.43. The van der Waals surface area contributed by atoms with E-state index in [1.54, 1.807) is 18.5 Å². The maximum atomic E-state index is 11.8. The Morgan fingerprint density at radius 1 is 1.07 bits per heavy atom. The van der Waals surface area contributed by atoms with Crippen molar-refractivity contribution in [2.24, 2.45) is 0 Å². The number of carbonyl (C=O) groups excluding carboxylic acids is 1. The Hall–Kier alpha value is -2.88. The minimum absolute atomic E-state index is 0.209. The van der Waals surface area contributed by atoms with Crippen LogP contribution in [0.1, 0.15) is 33.6 Å². The summed E-state index contributed by atoms with van der Waals surface area (Å²) >= 11 is 6.24. The van der Waals surface area contributed by atoms with E-state index >= 15 is 0 Å². The van der Waals surface area contributed by atoms with Crippen LogP contribution in [-0.2, 0) is 4.79 Å². The summed E-state index contributed by atoms with van der Waals surface area (Å²) in [4.78, 5) is 16.6. The summed E-state index contributed by atoms with van der Waals surface area (Å²) in [6.45, 7) is 6.23. The van der Waals surface area contributed by atoms with Crippen LogP contribution in [-0.4, -0.2) is 15.2 Å². The number of pyridine rings is 1. The molecule has 0 bridgehead atoms. The predicted molar refractivity (Wildman–Crippen MR) is 117 cm³/mol. The van der Waals surface area contributed by atoms with Crippen LogP contribution in [0.3, 0.4) is 0 Å². The highest BCUT2D eigenvalue weighted by Gasteiger charge is 2.22. The predicted octanol–water partition coefficient (Wildman–Crippen LogP) is 4.64. The molecule has 1 saturated heterocycles. The van der Waals surface area contributed by atoms with E-state index in [9.17, 15) is 4.79 Å². The Balaban J connectivity index is 1.73. The van der Waals surface area contributed by atoms with E-state index in [4.69, 9.17) is 16.6 Å². The molecule has 0 atom stereocenters. The first kappa shape index (κ1) is 18.5. The molecule has 0 saturated carbocycles. The average Bonchev–Trinajstić information content (AvgIpc) is 3.19. The molecule has 1 aromatic carbocycles. The van der Waals surface area contributed by atoms with E-state index in [1.807, 2.05) is 6.07 Å². The second-order valence-electron chi connectivity index (χ2n) is 6.61. The maximum Gasteiger partial charge on any atom is 0.263 e. The Morgan fingerprint density at radius 2 is 1.82 bits per heavy atom. The zero-order valence-electron chi connectivity index (χ0n) is 15.5. The minimum Gasteiger partial charge on any atom is -0.455 e. The molecule has 0 unspecified atom stereocenters. The van der Waals surface area contributed by atoms with Crippen LogP contribution in [0.2, 0.25) is 0 Å². The molecule has 0 radical (unpaired) electrons. The summed E-state index contributed by atoms with van der Waals surface area (Å²) in [6.07, 6.45) is 5.10. The molecule has 138 valence electrons. The molecular formula is C22H16N2O2S2. The number of benzene rings is 1. The van der Waals surface area contributed by atoms with Crippen LogP contribution in [0.15, 0.2) is 39.9 Å². The molecule has 2 aromatic heterocycles. The Labute approximate surface area is 172 Å². The number of hydrogen-bond acceptors (Lipinski definition) is 5. The zero-order chi connectivity index (χ0) is 19.8. The number of fused-ring (bicyclic) bond motifs is 1. The highest BCUT2D eigenvalue weighted by Crippen LogP contribution is 2.29. The number of nitrogens with one attached hydrogen (secondary N) is 1. The van der Waals surface area contributed by atoms with E-state index in [0.29, 0.717) is 26.1 Å². The average molecular weight is 405 g/mol. The van der Waals surface area contributed by atoms with Crippen molar-refractivity contribution in [3.8, 4) is 11.8 Å². The lowest BCUT2D eigenvalue weighted by atomic mass is 10.0. The molecular weight excluding hydrogens is 388 g/mol. The van der Waals surface area contributed by atoms with Crippen LogP contribution < -0.4 is 5.32 Å². The van der Waals surface area contributed by atoms with Gasteiger partial charge in [0.15, 0.2) is 5.58 Å². The molecule has 3 heterocycles. The monoisotopic (exact) mass is 404 g/mol. The van der Waals surface area contributed by atoms with Gasteiger partial charge < -0.3 is 9.73 Å². The molecule has 28 heavy (non-hydrogen) atoms. The Kier molecular flexibility index (Phi) is 4.80. The third-order valence-corrected chi connectivity index (χ3v) is 5.69. The van der Waals surface area contributed by atoms with Gasteiger partial charge in [0.2, 0.25) is 0 Å². The van der Waals surface area contributed by atoms with Crippen molar-refractivity contribution < 1.29 is 9.21 Å². The number of furan rings is 1. The molecule has 1 N–H and O–H groups in total. The summed E-state index contributed by atoms with van der Waals surface area (Å²) < 4.78 is 6.40. The standard InChI is InChI=1S/C22H16N2O2S2/c1-12-6-14(3)15(7-13(12)2)4-5-16-10-23-11-17-8-18(26-20(16)17)9-19-21(25)24-22(27)28-19/h6-11H,1-3H3,(H,24,25,27)/b19-9+. The normalized spacial score (nSPS) is 15.0. The van der Waals surface area contributed by atoms with E-state index in [0.717, 1.165) is 16.5 Å². The molecule has 1 aliphatic heterocycles. The van der Waals surface area contributed by atoms with Gasteiger partial charge in [0.25, 0.3) is 5.91 Å². The van der Waals surface area contributed by atoms with E-state index in [-0.39, 0.29) is 5.91 Å². The van der Waals surface area contributed by atoms with Gasteiger partial charge in [-0.25, -0.2) is 0 Å². The van der Waals surface area contributed by atoms with Crippen LogP contribution in [0, 0.1) is 32.6 Å². The SMILES string of the molecule is Cc1cc(C)c(C#Cc2cncc3cc(/C=C4/SC(=S)NC4=O)oc23)cc1C. The van der Waals surface area contributed by atoms with Gasteiger partial charge in [-0.05, 0) is 49.6 Å². The number of aromatic nitrogens is 1. The fraction of sp³-hybridized carbons (Fsp3) is 0.136. The maximum absolute atomic E-state index is 11.8. The molecule has 3 aromatic rings. The second kappa shape index (κ2) is 7.27. The quantitative estimate of drug-likeness (QED) is 0.364. The molecule has 4 nitrogen and oxygen atoms in total. The van der Waals surface area contributed by atoms with Gasteiger partial charge in [0, 0.05) is 29.4 Å². The first-order valence-corrected chi connectivity index (χ1v) is 9.85. The fourth-order valence-electron chi connectivity index (χ4n) is 2.92. The van der Waals surface area contributed by atoms with Crippen molar-refractivity contribution in [1.29, 1.82) is 0 Å². The Bertz CT molecular complexity index is 1240. The highest BCUT2D eigenvalue weighted by atomic mass is 32.2. The van der Waals surface area contributed by atoms with Crippen molar-refractivity contribution in [3.05, 3.63) is 69.1 Å². The third-order valence-electron chi connectivity index (χ3n) is 4.53. The molecule has 0 spiro atoms. The van der Waals surface area contributed by atoms with Crippen molar-refractivity contribution >= 4 is 51.3 Å². The number of amides is 1. The molecule has 4 rings (SSSR count). The van der Waals surface area contributed by atoms with Gasteiger partial charge in [-0.15, -0.1) is 0 Å². The molecule has 1 aliphatic rings. The van der Waals surface area contributed by atoms with E-state index in [1.165, 1.54) is 22.9 Å². The van der Waals surface area contributed by atoms with Crippen LogP contribution in [0.4, 0.5) is 0 Å². The lowest BCUT2D eigenvalue weighted by Crippen LogP contribution is -2.17. The van der Waals surface area contributed by atoms with Crippen LogP contribution in [0.25, 0.3) is 17.0 Å². The van der Waals surface area contributed by atoms with Gasteiger partial charge in [-0.1, -0.05) is 41.9 Å². The van der Waals surface area contributed by atoms with Crippen molar-refractivity contribution in [3.63, 3.8) is 0 Å². The molecule has 1 fully saturated rings. The van der Waals surface area contributed by atoms with E-state index in [2.05, 4.69) is 55.0 Å². The third kappa shape index (κ3) is 3.59. The zero-order valence-corrected chi connectivity index (χ0v) is 17.2. The minimum atomic E-state index is -0.209. The van der Waals surface area contributed by atoms with Gasteiger partial charge in [0.05, 0.1) is 10.5 Å². The van der Waals surface area contributed by atoms with Crippen molar-refractivity contribution in [2.45, 2.75) is 20.8 Å². The van der Waals surface area contributed by atoms with Gasteiger partial charge >= 0.3 is 0 Å². The lowest BCUT2D eigenvalue weighted by Gasteiger charge is -2.04. The van der Waals surface area contributed by atoms with Gasteiger partial charge in [-0.2, -0.15) is 0 Å². The highest BCUT2D eigenvalue weighted by molar-refractivity contribution is 8.26. The smallest absolute Gasteiger partial charge is 0.263 e. The Morgan fingerprint density at radius 3 is 2.57 bits per heavy atom. The van der Waals surface area contributed by atoms with Crippen molar-refractivity contribution in [2.75, 3.05) is 0 Å². The number of thiocarbonyl (C=S) groups is 1. The number of nitrogens with zero attached hydrogens (tertiary/aromatic N) is 1. The molecule has 0 aliphatic carbocycles. The number of rotatable bonds is 1. The first-order valence-electron chi connectivity index (χ1n) is 8.63.